The molecule has 0 unspecified atom stereocenters. The predicted molar refractivity (Wildman–Crippen MR) is 73.1 cm³/mol. The molecule has 0 bridgehead atoms. The Balaban J connectivity index is 2.18. The van der Waals surface area contributed by atoms with Gasteiger partial charge in [-0.15, -0.1) is 0 Å². The van der Waals surface area contributed by atoms with Gasteiger partial charge in [-0.05, 0) is 25.0 Å². The van der Waals surface area contributed by atoms with Gasteiger partial charge in [0.15, 0.2) is 0 Å². The van der Waals surface area contributed by atoms with Gasteiger partial charge < -0.3 is 20.5 Å². The Labute approximate surface area is 117 Å². The van der Waals surface area contributed by atoms with Crippen molar-refractivity contribution in [3.05, 3.63) is 24.0 Å². The van der Waals surface area contributed by atoms with E-state index in [1.807, 2.05) is 0 Å². The average Bonchev–Trinajstić information content (AvgIpc) is 2.50. The lowest BCUT2D eigenvalue weighted by Crippen LogP contribution is -2.46. The van der Waals surface area contributed by atoms with Gasteiger partial charge in [-0.2, -0.15) is 0 Å². The number of hydrogen-bond donors (Lipinski definition) is 2. The minimum absolute atomic E-state index is 0.105. The van der Waals surface area contributed by atoms with Gasteiger partial charge in [0.1, 0.15) is 11.6 Å². The van der Waals surface area contributed by atoms with Crippen LogP contribution in [-0.4, -0.2) is 32.8 Å². The summed E-state index contributed by atoms with van der Waals surface area (Å²) < 4.78 is 24.0. The number of benzene rings is 1. The first-order valence-corrected chi connectivity index (χ1v) is 6.54. The number of anilines is 1. The highest BCUT2D eigenvalue weighted by Crippen LogP contribution is 2.32. The van der Waals surface area contributed by atoms with Crippen molar-refractivity contribution in [2.24, 2.45) is 11.1 Å². The first-order valence-electron chi connectivity index (χ1n) is 6.54. The lowest BCUT2D eigenvalue weighted by molar-refractivity contribution is -0.130. The Hall–Kier alpha value is -1.66. The van der Waals surface area contributed by atoms with Crippen molar-refractivity contribution < 1.29 is 18.7 Å². The molecule has 1 fully saturated rings. The molecule has 1 saturated heterocycles. The van der Waals surface area contributed by atoms with Gasteiger partial charge in [0.25, 0.3) is 0 Å². The van der Waals surface area contributed by atoms with Crippen LogP contribution in [0.3, 0.4) is 0 Å². The summed E-state index contributed by atoms with van der Waals surface area (Å²) in [5.41, 5.74) is 5.17. The molecule has 0 aliphatic carbocycles. The van der Waals surface area contributed by atoms with E-state index in [0.29, 0.717) is 31.8 Å². The fourth-order valence-corrected chi connectivity index (χ4v) is 2.27. The maximum atomic E-state index is 13.7. The SMILES string of the molecule is COc1ccc(F)c(NC(=O)C2(CN)CCOCC2)c1. The van der Waals surface area contributed by atoms with E-state index < -0.39 is 11.2 Å². The Morgan fingerprint density at radius 1 is 1.50 bits per heavy atom. The third kappa shape index (κ3) is 2.91. The van der Waals surface area contributed by atoms with E-state index in [2.05, 4.69) is 5.32 Å². The van der Waals surface area contributed by atoms with Crippen molar-refractivity contribution in [1.82, 2.24) is 0 Å². The van der Waals surface area contributed by atoms with Crippen molar-refractivity contribution >= 4 is 11.6 Å². The van der Waals surface area contributed by atoms with Crippen molar-refractivity contribution in [2.75, 3.05) is 32.2 Å². The summed E-state index contributed by atoms with van der Waals surface area (Å²) in [5.74, 6) is -0.288. The second-order valence-electron chi connectivity index (χ2n) is 4.90. The summed E-state index contributed by atoms with van der Waals surface area (Å²) in [5, 5.41) is 2.62. The molecule has 1 amide bonds. The first-order chi connectivity index (χ1) is 9.61. The predicted octanol–water partition coefficient (Wildman–Crippen LogP) is 1.53. The van der Waals surface area contributed by atoms with Gasteiger partial charge in [-0.25, -0.2) is 4.39 Å². The fourth-order valence-electron chi connectivity index (χ4n) is 2.27. The van der Waals surface area contributed by atoms with E-state index in [0.717, 1.165) is 0 Å². The zero-order valence-electron chi connectivity index (χ0n) is 11.4. The minimum Gasteiger partial charge on any atom is -0.497 e. The summed E-state index contributed by atoms with van der Waals surface area (Å²) in [6.45, 7) is 1.20. The Bertz CT molecular complexity index is 487. The molecule has 0 aromatic heterocycles. The topological polar surface area (TPSA) is 73.6 Å². The highest BCUT2D eigenvalue weighted by molar-refractivity contribution is 5.95. The van der Waals surface area contributed by atoms with Crippen LogP contribution in [0.1, 0.15) is 12.8 Å². The second kappa shape index (κ2) is 6.19. The van der Waals surface area contributed by atoms with Gasteiger partial charge in [0.05, 0.1) is 18.2 Å². The zero-order valence-corrected chi connectivity index (χ0v) is 11.4. The molecule has 1 aliphatic heterocycles. The number of methoxy groups -OCH3 is 1. The van der Waals surface area contributed by atoms with E-state index in [-0.39, 0.29) is 18.1 Å². The van der Waals surface area contributed by atoms with Crippen LogP contribution < -0.4 is 15.8 Å². The van der Waals surface area contributed by atoms with Crippen LogP contribution in [0, 0.1) is 11.2 Å². The largest absolute Gasteiger partial charge is 0.497 e. The van der Waals surface area contributed by atoms with Crippen molar-refractivity contribution in [3.8, 4) is 5.75 Å². The van der Waals surface area contributed by atoms with Crippen LogP contribution in [0.5, 0.6) is 5.75 Å². The second-order valence-corrected chi connectivity index (χ2v) is 4.90. The molecule has 1 heterocycles. The number of amides is 1. The quantitative estimate of drug-likeness (QED) is 0.878. The first kappa shape index (κ1) is 14.7. The van der Waals surface area contributed by atoms with Crippen LogP contribution in [0.2, 0.25) is 0 Å². The molecule has 3 N–H and O–H groups in total. The number of rotatable bonds is 4. The number of nitrogens with one attached hydrogen (secondary N) is 1. The summed E-state index contributed by atoms with van der Waals surface area (Å²) in [4.78, 5) is 12.4. The zero-order chi connectivity index (χ0) is 14.6. The summed E-state index contributed by atoms with van der Waals surface area (Å²) >= 11 is 0. The normalized spacial score (nSPS) is 17.6. The highest BCUT2D eigenvalue weighted by Gasteiger charge is 2.39. The van der Waals surface area contributed by atoms with Gasteiger partial charge in [0.2, 0.25) is 5.91 Å². The Morgan fingerprint density at radius 3 is 2.80 bits per heavy atom. The summed E-state index contributed by atoms with van der Waals surface area (Å²) in [6.07, 6.45) is 1.09. The molecular formula is C14H19FN2O3. The van der Waals surface area contributed by atoms with E-state index in [4.69, 9.17) is 15.2 Å². The third-order valence-corrected chi connectivity index (χ3v) is 3.74. The molecular weight excluding hydrogens is 263 g/mol. The molecule has 1 aromatic carbocycles. The Morgan fingerprint density at radius 2 is 2.20 bits per heavy atom. The molecule has 1 aromatic rings. The molecule has 0 spiro atoms. The number of nitrogens with two attached hydrogens (primary N) is 1. The molecule has 20 heavy (non-hydrogen) atoms. The van der Waals surface area contributed by atoms with Crippen LogP contribution in [0.4, 0.5) is 10.1 Å². The number of carbonyl (C=O) groups excluding carboxylic acids is 1. The molecule has 110 valence electrons. The summed E-state index contributed by atoms with van der Waals surface area (Å²) in [7, 11) is 1.48. The van der Waals surface area contributed by atoms with Gasteiger partial charge >= 0.3 is 0 Å². The number of halogens is 1. The maximum absolute atomic E-state index is 13.7. The maximum Gasteiger partial charge on any atom is 0.232 e. The molecule has 1 aliphatic rings. The monoisotopic (exact) mass is 282 g/mol. The average molecular weight is 282 g/mol. The van der Waals surface area contributed by atoms with Gasteiger partial charge in [0, 0.05) is 25.8 Å². The fraction of sp³-hybridized carbons (Fsp3) is 0.500. The number of hydrogen-bond acceptors (Lipinski definition) is 4. The summed E-state index contributed by atoms with van der Waals surface area (Å²) in [6, 6.07) is 4.21. The molecule has 0 radical (unpaired) electrons. The Kier molecular flexibility index (Phi) is 4.57. The number of carbonyl (C=O) groups is 1. The van der Waals surface area contributed by atoms with Crippen LogP contribution >= 0.6 is 0 Å². The van der Waals surface area contributed by atoms with E-state index in [1.54, 1.807) is 0 Å². The lowest BCUT2D eigenvalue weighted by atomic mass is 9.79. The van der Waals surface area contributed by atoms with Gasteiger partial charge in [-0.3, -0.25) is 4.79 Å². The van der Waals surface area contributed by atoms with Crippen LogP contribution in [-0.2, 0) is 9.53 Å². The van der Waals surface area contributed by atoms with E-state index in [1.165, 1.54) is 25.3 Å². The molecule has 5 nitrogen and oxygen atoms in total. The lowest BCUT2D eigenvalue weighted by Gasteiger charge is -2.34. The highest BCUT2D eigenvalue weighted by atomic mass is 19.1. The smallest absolute Gasteiger partial charge is 0.232 e. The van der Waals surface area contributed by atoms with Crippen molar-refractivity contribution in [1.29, 1.82) is 0 Å². The van der Waals surface area contributed by atoms with Crippen LogP contribution in [0.25, 0.3) is 0 Å². The molecule has 6 heteroatoms. The van der Waals surface area contributed by atoms with E-state index in [9.17, 15) is 9.18 Å². The molecule has 0 atom stereocenters. The molecule has 0 saturated carbocycles. The minimum atomic E-state index is -0.687. The van der Waals surface area contributed by atoms with Crippen molar-refractivity contribution in [3.63, 3.8) is 0 Å². The van der Waals surface area contributed by atoms with E-state index >= 15 is 0 Å². The van der Waals surface area contributed by atoms with Gasteiger partial charge in [-0.1, -0.05) is 0 Å². The standard InChI is InChI=1S/C14H19FN2O3/c1-19-10-2-3-11(15)12(8-10)17-13(18)14(9-16)4-6-20-7-5-14/h2-3,8H,4-7,9,16H2,1H3,(H,17,18). The third-order valence-electron chi connectivity index (χ3n) is 3.74. The van der Waals surface area contributed by atoms with Crippen LogP contribution in [0.15, 0.2) is 18.2 Å². The van der Waals surface area contributed by atoms with Crippen molar-refractivity contribution in [2.45, 2.75) is 12.8 Å². The molecule has 2 rings (SSSR count). The number of ether oxygens (including phenoxy) is 2.